The molecule has 0 bridgehead atoms. The van der Waals surface area contributed by atoms with Crippen molar-refractivity contribution in [2.75, 3.05) is 52.9 Å². The lowest BCUT2D eigenvalue weighted by molar-refractivity contribution is -0.372. The highest BCUT2D eigenvalue weighted by Gasteiger charge is 2.73. The summed E-state index contributed by atoms with van der Waals surface area (Å²) < 4.78 is 53.7. The number of fused-ring (bicyclic) bond motifs is 6. The molecule has 0 aromatic heterocycles. The Morgan fingerprint density at radius 2 is 0.618 bits per heavy atom. The van der Waals surface area contributed by atoms with Gasteiger partial charge >= 0.3 is 0 Å². The van der Waals surface area contributed by atoms with Crippen LogP contribution in [0.15, 0.2) is 24.3 Å². The molecule has 0 unspecified atom stereocenters. The van der Waals surface area contributed by atoms with E-state index in [0.29, 0.717) is 52.9 Å². The van der Waals surface area contributed by atoms with Gasteiger partial charge in [-0.3, -0.25) is 0 Å². The van der Waals surface area contributed by atoms with E-state index >= 15 is 0 Å². The lowest BCUT2D eigenvalue weighted by Gasteiger charge is -2.53. The van der Waals surface area contributed by atoms with E-state index in [1.807, 2.05) is 0 Å². The van der Waals surface area contributed by atoms with Gasteiger partial charge < -0.3 is 37.9 Å². The van der Waals surface area contributed by atoms with E-state index in [9.17, 15) is 0 Å². The van der Waals surface area contributed by atoms with E-state index in [1.54, 1.807) is 0 Å². The van der Waals surface area contributed by atoms with Gasteiger partial charge in [-0.05, 0) is 69.4 Å². The molecule has 178 valence electrons. The predicted molar refractivity (Wildman–Crippen MR) is 132 cm³/mol. The molecule has 0 atom stereocenters. The molecule has 6 aliphatic rings. The van der Waals surface area contributed by atoms with Crippen molar-refractivity contribution >= 4 is 45.2 Å². The monoisotopic (exact) mass is 690 g/mol. The van der Waals surface area contributed by atoms with Crippen LogP contribution >= 0.6 is 45.2 Å². The van der Waals surface area contributed by atoms with Crippen LogP contribution in [0.3, 0.4) is 0 Å². The highest BCUT2D eigenvalue weighted by atomic mass is 127. The van der Waals surface area contributed by atoms with Gasteiger partial charge in [-0.2, -0.15) is 0 Å². The molecular weight excluding hydrogens is 670 g/mol. The molecule has 4 saturated heterocycles. The van der Waals surface area contributed by atoms with Crippen LogP contribution in [0.2, 0.25) is 0 Å². The fourth-order valence-electron chi connectivity index (χ4n) is 6.53. The van der Waals surface area contributed by atoms with Crippen molar-refractivity contribution in [2.45, 2.75) is 23.1 Å². The maximum absolute atomic E-state index is 6.46. The van der Waals surface area contributed by atoms with E-state index in [1.165, 1.54) is 0 Å². The average Bonchev–Trinajstić information content (AvgIpc) is 3.64. The average molecular weight is 690 g/mol. The van der Waals surface area contributed by atoms with Gasteiger partial charge in [0.1, 0.15) is 0 Å². The van der Waals surface area contributed by atoms with Gasteiger partial charge in [0.05, 0.1) is 52.9 Å². The summed E-state index contributed by atoms with van der Waals surface area (Å²) in [6.45, 7) is 3.52. The normalized spacial score (nSPS) is 27.9. The molecule has 0 radical (unpaired) electrons. The maximum atomic E-state index is 6.46. The van der Waals surface area contributed by atoms with E-state index in [-0.39, 0.29) is 0 Å². The molecular formula is C24H20I2O8. The van der Waals surface area contributed by atoms with Crippen molar-refractivity contribution in [1.82, 2.24) is 0 Å². The summed E-state index contributed by atoms with van der Waals surface area (Å²) >= 11 is 4.63. The molecule has 8 nitrogen and oxygen atoms in total. The molecule has 4 fully saturated rings. The summed E-state index contributed by atoms with van der Waals surface area (Å²) in [5, 5.41) is 0. The summed E-state index contributed by atoms with van der Waals surface area (Å²) in [6.07, 6.45) is 0. The smallest absolute Gasteiger partial charge is 0.256 e. The van der Waals surface area contributed by atoms with Gasteiger partial charge in [0, 0.05) is 40.5 Å². The molecule has 4 spiro atoms. The minimum absolute atomic E-state index is 0.440. The molecule has 0 saturated carbocycles. The minimum atomic E-state index is -1.24. The SMILES string of the molecule is Ic1cc2c3c(c1)C1(OCCO1)C1(OCCO1)c1cc(I)cc(c1-3)C1(OCCO1)C21OCCO1. The van der Waals surface area contributed by atoms with Crippen molar-refractivity contribution in [1.29, 1.82) is 0 Å². The number of halogens is 2. The summed E-state index contributed by atoms with van der Waals surface area (Å²) in [5.41, 5.74) is 5.34. The Kier molecular flexibility index (Phi) is 4.53. The standard InChI is InChI=1S/C24H20I2O8/c25-13-9-15-19-17(11-13)23(31-5-6-32-23)24(33-7-8-34-24)18-12-14(26)10-16(20(18)19)22(29-3-4-30-22)21(15)27-1-2-28-21/h9-12H,1-8H2. The maximum Gasteiger partial charge on any atom is 0.256 e. The van der Waals surface area contributed by atoms with E-state index in [4.69, 9.17) is 37.9 Å². The quantitative estimate of drug-likeness (QED) is 0.390. The molecule has 0 amide bonds. The molecule has 2 aliphatic carbocycles. The first-order valence-corrected chi connectivity index (χ1v) is 13.5. The van der Waals surface area contributed by atoms with Crippen LogP contribution in [0.5, 0.6) is 0 Å². The lowest BCUT2D eigenvalue weighted by atomic mass is 9.66. The first-order chi connectivity index (χ1) is 16.6. The van der Waals surface area contributed by atoms with Crippen LogP contribution < -0.4 is 0 Å². The van der Waals surface area contributed by atoms with Gasteiger partial charge in [-0.15, -0.1) is 0 Å². The van der Waals surface area contributed by atoms with Crippen LogP contribution in [-0.4, -0.2) is 52.9 Å². The highest BCUT2D eigenvalue weighted by molar-refractivity contribution is 14.1. The number of ether oxygens (including phenoxy) is 8. The predicted octanol–water partition coefficient (Wildman–Crippen LogP) is 3.39. The lowest BCUT2D eigenvalue weighted by Crippen LogP contribution is -2.58. The summed E-state index contributed by atoms with van der Waals surface area (Å²) in [6, 6.07) is 8.39. The van der Waals surface area contributed by atoms with Crippen molar-refractivity contribution < 1.29 is 37.9 Å². The first-order valence-electron chi connectivity index (χ1n) is 11.4. The van der Waals surface area contributed by atoms with Crippen LogP contribution in [-0.2, 0) is 61.0 Å². The zero-order valence-electron chi connectivity index (χ0n) is 18.0. The van der Waals surface area contributed by atoms with Crippen LogP contribution in [0.1, 0.15) is 22.3 Å². The zero-order valence-corrected chi connectivity index (χ0v) is 22.3. The van der Waals surface area contributed by atoms with E-state index < -0.39 is 23.1 Å². The third-order valence-electron chi connectivity index (χ3n) is 7.52. The third kappa shape index (κ3) is 2.29. The van der Waals surface area contributed by atoms with Crippen LogP contribution in [0.25, 0.3) is 11.1 Å². The van der Waals surface area contributed by atoms with Crippen molar-refractivity contribution in [3.05, 3.63) is 53.7 Å². The Hall–Kier alpha value is -0.420. The van der Waals surface area contributed by atoms with Crippen LogP contribution in [0, 0.1) is 7.14 Å². The number of hydrogen-bond donors (Lipinski definition) is 0. The molecule has 8 rings (SSSR count). The Balaban J connectivity index is 1.58. The third-order valence-corrected chi connectivity index (χ3v) is 8.76. The number of rotatable bonds is 0. The van der Waals surface area contributed by atoms with Gasteiger partial charge in [-0.25, -0.2) is 0 Å². The summed E-state index contributed by atoms with van der Waals surface area (Å²) in [5.74, 6) is -4.98. The Labute approximate surface area is 222 Å². The second-order valence-electron chi connectivity index (χ2n) is 9.01. The largest absolute Gasteiger partial charge is 0.339 e. The van der Waals surface area contributed by atoms with Crippen LogP contribution in [0.4, 0.5) is 0 Å². The van der Waals surface area contributed by atoms with Crippen molar-refractivity contribution in [2.24, 2.45) is 0 Å². The Bertz CT molecular complexity index is 1040. The molecule has 4 heterocycles. The van der Waals surface area contributed by atoms with Gasteiger partial charge in [-0.1, -0.05) is 0 Å². The second-order valence-corrected chi connectivity index (χ2v) is 11.5. The fraction of sp³-hybridized carbons (Fsp3) is 0.500. The second kappa shape index (κ2) is 7.11. The minimum Gasteiger partial charge on any atom is -0.339 e. The molecule has 10 heteroatoms. The number of benzene rings is 2. The van der Waals surface area contributed by atoms with Crippen molar-refractivity contribution in [3.63, 3.8) is 0 Å². The first kappa shape index (κ1) is 21.6. The Morgan fingerprint density at radius 1 is 0.412 bits per heavy atom. The van der Waals surface area contributed by atoms with Crippen molar-refractivity contribution in [3.8, 4) is 11.1 Å². The number of hydrogen-bond acceptors (Lipinski definition) is 8. The van der Waals surface area contributed by atoms with E-state index in [0.717, 1.165) is 40.5 Å². The molecule has 2 aromatic rings. The van der Waals surface area contributed by atoms with E-state index in [2.05, 4.69) is 69.4 Å². The molecule has 2 aromatic carbocycles. The summed E-state index contributed by atoms with van der Waals surface area (Å²) in [4.78, 5) is 0. The molecule has 4 aliphatic heterocycles. The van der Waals surface area contributed by atoms with Gasteiger partial charge in [0.2, 0.25) is 0 Å². The van der Waals surface area contributed by atoms with Gasteiger partial charge in [0.25, 0.3) is 23.1 Å². The Morgan fingerprint density at radius 3 is 0.824 bits per heavy atom. The summed E-state index contributed by atoms with van der Waals surface area (Å²) in [7, 11) is 0. The zero-order chi connectivity index (χ0) is 22.8. The molecule has 0 N–H and O–H groups in total. The molecule has 34 heavy (non-hydrogen) atoms. The highest BCUT2D eigenvalue weighted by Crippen LogP contribution is 2.68. The fourth-order valence-corrected chi connectivity index (χ4v) is 7.78. The van der Waals surface area contributed by atoms with Gasteiger partial charge in [0.15, 0.2) is 0 Å². The topological polar surface area (TPSA) is 73.8 Å².